The van der Waals surface area contributed by atoms with E-state index >= 15 is 0 Å². The highest BCUT2D eigenvalue weighted by molar-refractivity contribution is 5.94. The van der Waals surface area contributed by atoms with Crippen LogP contribution in [0.15, 0.2) is 72.8 Å². The number of hydrogen-bond donors (Lipinski definition) is 0. The highest BCUT2D eigenvalue weighted by atomic mass is 16.5. The minimum atomic E-state index is -0.250. The van der Waals surface area contributed by atoms with Crippen LogP contribution in [0.2, 0.25) is 0 Å². The van der Waals surface area contributed by atoms with Crippen LogP contribution >= 0.6 is 0 Å². The minimum absolute atomic E-state index is 0.00492. The number of amides is 1. The Hall–Kier alpha value is -3.47. The summed E-state index contributed by atoms with van der Waals surface area (Å²) in [5.41, 5.74) is 2.84. The number of methoxy groups -OCH3 is 1. The van der Waals surface area contributed by atoms with Crippen molar-refractivity contribution in [3.8, 4) is 17.2 Å². The molecular formula is C28H31NO4. The van der Waals surface area contributed by atoms with Gasteiger partial charge in [0.25, 0.3) is 5.91 Å². The first kappa shape index (κ1) is 22.7. The van der Waals surface area contributed by atoms with Crippen molar-refractivity contribution in [1.29, 1.82) is 0 Å². The summed E-state index contributed by atoms with van der Waals surface area (Å²) in [5, 5.41) is 0. The van der Waals surface area contributed by atoms with Crippen LogP contribution < -0.4 is 14.2 Å². The molecule has 0 aromatic heterocycles. The maximum atomic E-state index is 13.4. The van der Waals surface area contributed by atoms with Crippen LogP contribution in [0.3, 0.4) is 0 Å². The van der Waals surface area contributed by atoms with Gasteiger partial charge in [-0.05, 0) is 86.8 Å². The van der Waals surface area contributed by atoms with Gasteiger partial charge in [-0.15, -0.1) is 0 Å². The predicted molar refractivity (Wildman–Crippen MR) is 129 cm³/mol. The van der Waals surface area contributed by atoms with Gasteiger partial charge >= 0.3 is 0 Å². The fourth-order valence-corrected chi connectivity index (χ4v) is 4.02. The molecule has 5 nitrogen and oxygen atoms in total. The molecule has 1 aliphatic rings. The molecule has 0 saturated carbocycles. The van der Waals surface area contributed by atoms with E-state index in [4.69, 9.17) is 14.2 Å². The molecule has 0 radical (unpaired) electrons. The number of hydrogen-bond acceptors (Lipinski definition) is 4. The summed E-state index contributed by atoms with van der Waals surface area (Å²) in [6.07, 6.45) is 0.753. The maximum Gasteiger partial charge on any atom is 0.254 e. The van der Waals surface area contributed by atoms with Gasteiger partial charge in [0.15, 0.2) is 0 Å². The van der Waals surface area contributed by atoms with Gasteiger partial charge < -0.3 is 19.1 Å². The molecule has 3 aromatic rings. The zero-order chi connectivity index (χ0) is 23.4. The highest BCUT2D eigenvalue weighted by Crippen LogP contribution is 2.27. The van der Waals surface area contributed by atoms with Gasteiger partial charge in [-0.1, -0.05) is 24.3 Å². The molecule has 1 heterocycles. The summed E-state index contributed by atoms with van der Waals surface area (Å²) in [6, 6.07) is 23.1. The summed E-state index contributed by atoms with van der Waals surface area (Å²) >= 11 is 0. The van der Waals surface area contributed by atoms with Gasteiger partial charge in [0.1, 0.15) is 29.5 Å². The third-order valence-corrected chi connectivity index (χ3v) is 5.64. The molecule has 1 amide bonds. The van der Waals surface area contributed by atoms with E-state index in [9.17, 15) is 4.79 Å². The molecular weight excluding hydrogens is 414 g/mol. The van der Waals surface area contributed by atoms with Gasteiger partial charge in [-0.2, -0.15) is 0 Å². The molecule has 4 rings (SSSR count). The summed E-state index contributed by atoms with van der Waals surface area (Å²) < 4.78 is 17.2. The van der Waals surface area contributed by atoms with Crippen LogP contribution in [0.4, 0.5) is 0 Å². The van der Waals surface area contributed by atoms with Gasteiger partial charge in [0.2, 0.25) is 0 Å². The quantitative estimate of drug-likeness (QED) is 0.501. The third-order valence-electron chi connectivity index (χ3n) is 5.64. The van der Waals surface area contributed by atoms with E-state index in [0.29, 0.717) is 18.7 Å². The topological polar surface area (TPSA) is 48.0 Å². The van der Waals surface area contributed by atoms with Gasteiger partial charge in [-0.25, -0.2) is 0 Å². The zero-order valence-corrected chi connectivity index (χ0v) is 19.7. The smallest absolute Gasteiger partial charge is 0.254 e. The lowest BCUT2D eigenvalue weighted by Crippen LogP contribution is -2.47. The lowest BCUT2D eigenvalue weighted by atomic mass is 9.93. The van der Waals surface area contributed by atoms with Crippen LogP contribution in [0.1, 0.15) is 42.3 Å². The van der Waals surface area contributed by atoms with Crippen molar-refractivity contribution in [2.24, 2.45) is 0 Å². The summed E-state index contributed by atoms with van der Waals surface area (Å²) in [5.74, 6) is 2.29. The molecule has 0 bridgehead atoms. The number of nitrogens with zero attached hydrogens (tertiary/aromatic N) is 1. The van der Waals surface area contributed by atoms with E-state index in [1.165, 1.54) is 11.1 Å². The number of fused-ring (bicyclic) bond motifs is 1. The van der Waals surface area contributed by atoms with Crippen LogP contribution in [0.25, 0.3) is 0 Å². The highest BCUT2D eigenvalue weighted by Gasteiger charge is 2.31. The molecule has 5 heteroatoms. The van der Waals surface area contributed by atoms with Crippen LogP contribution in [0.5, 0.6) is 17.2 Å². The SMILES string of the molecule is COc1ccc(C(=O)N2Cc3ccccc3C[C@H]2COc2ccc(OC(C)(C)C)cc2)cc1. The molecule has 1 aliphatic heterocycles. The van der Waals surface area contributed by atoms with Gasteiger partial charge in [0, 0.05) is 12.1 Å². The summed E-state index contributed by atoms with van der Waals surface area (Å²) in [4.78, 5) is 15.3. The molecule has 33 heavy (non-hydrogen) atoms. The second kappa shape index (κ2) is 9.57. The second-order valence-corrected chi connectivity index (χ2v) is 9.29. The Bertz CT molecular complexity index is 1080. The first-order valence-corrected chi connectivity index (χ1v) is 11.3. The summed E-state index contributed by atoms with van der Waals surface area (Å²) in [6.45, 7) is 7.04. The van der Waals surface area contributed by atoms with E-state index in [0.717, 1.165) is 23.7 Å². The van der Waals surface area contributed by atoms with Crippen molar-refractivity contribution in [2.75, 3.05) is 13.7 Å². The van der Waals surface area contributed by atoms with Crippen molar-refractivity contribution >= 4 is 5.91 Å². The number of carbonyl (C=O) groups excluding carboxylic acids is 1. The van der Waals surface area contributed by atoms with Crippen molar-refractivity contribution in [1.82, 2.24) is 4.90 Å². The van der Waals surface area contributed by atoms with Crippen molar-refractivity contribution in [3.05, 3.63) is 89.5 Å². The molecule has 172 valence electrons. The van der Waals surface area contributed by atoms with E-state index in [1.807, 2.05) is 86.3 Å². The van der Waals surface area contributed by atoms with E-state index in [1.54, 1.807) is 7.11 Å². The Morgan fingerprint density at radius 1 is 0.879 bits per heavy atom. The zero-order valence-electron chi connectivity index (χ0n) is 19.7. The molecule has 3 aromatic carbocycles. The van der Waals surface area contributed by atoms with Crippen molar-refractivity contribution < 1.29 is 19.0 Å². The molecule has 0 spiro atoms. The predicted octanol–water partition coefficient (Wildman–Crippen LogP) is 5.52. The average molecular weight is 446 g/mol. The molecule has 1 atom stereocenters. The second-order valence-electron chi connectivity index (χ2n) is 9.29. The summed E-state index contributed by atoms with van der Waals surface area (Å²) in [7, 11) is 1.62. The third kappa shape index (κ3) is 5.67. The first-order valence-electron chi connectivity index (χ1n) is 11.3. The first-order chi connectivity index (χ1) is 15.8. The standard InChI is InChI=1S/C28H31NO4/c1-28(2,3)33-26-15-13-25(14-16-26)32-19-23-17-21-7-5-6-8-22(21)18-29(23)27(30)20-9-11-24(31-4)12-10-20/h5-16,23H,17-19H2,1-4H3/t23-/m0/s1. The fourth-order valence-electron chi connectivity index (χ4n) is 4.02. The van der Waals surface area contributed by atoms with Crippen LogP contribution in [-0.2, 0) is 13.0 Å². The largest absolute Gasteiger partial charge is 0.497 e. The Balaban J connectivity index is 1.50. The minimum Gasteiger partial charge on any atom is -0.497 e. The average Bonchev–Trinajstić information content (AvgIpc) is 2.81. The molecule has 0 N–H and O–H groups in total. The van der Waals surface area contributed by atoms with Crippen molar-refractivity contribution in [3.63, 3.8) is 0 Å². The molecule has 0 aliphatic carbocycles. The van der Waals surface area contributed by atoms with E-state index in [2.05, 4.69) is 12.1 Å². The molecule has 0 fully saturated rings. The van der Waals surface area contributed by atoms with E-state index < -0.39 is 0 Å². The Morgan fingerprint density at radius 2 is 1.48 bits per heavy atom. The number of benzene rings is 3. The van der Waals surface area contributed by atoms with Gasteiger partial charge in [0.05, 0.1) is 13.2 Å². The van der Waals surface area contributed by atoms with Crippen LogP contribution in [0, 0.1) is 0 Å². The number of ether oxygens (including phenoxy) is 3. The Morgan fingerprint density at radius 3 is 2.12 bits per heavy atom. The Labute approximate surface area is 195 Å². The normalized spacial score (nSPS) is 15.5. The maximum absolute atomic E-state index is 13.4. The van der Waals surface area contributed by atoms with E-state index in [-0.39, 0.29) is 17.6 Å². The number of rotatable bonds is 6. The lowest BCUT2D eigenvalue weighted by molar-refractivity contribution is 0.0566. The van der Waals surface area contributed by atoms with Crippen molar-refractivity contribution in [2.45, 2.75) is 45.4 Å². The Kier molecular flexibility index (Phi) is 6.59. The monoisotopic (exact) mass is 445 g/mol. The van der Waals surface area contributed by atoms with Crippen LogP contribution in [-0.4, -0.2) is 36.2 Å². The fraction of sp³-hybridized carbons (Fsp3) is 0.321. The number of carbonyl (C=O) groups is 1. The molecule has 0 saturated heterocycles. The molecule has 0 unspecified atom stereocenters. The van der Waals surface area contributed by atoms with Gasteiger partial charge in [-0.3, -0.25) is 4.79 Å². The lowest BCUT2D eigenvalue weighted by Gasteiger charge is -2.37.